The maximum atomic E-state index is 13.2. The molecule has 146 valence electrons. The molecule has 5 aromatic rings. The van der Waals surface area contributed by atoms with Crippen molar-refractivity contribution in [3.05, 3.63) is 94.7 Å². The summed E-state index contributed by atoms with van der Waals surface area (Å²) in [4.78, 5) is 25.6. The second-order valence-electron chi connectivity index (χ2n) is 7.00. The number of carbonyl (C=O) groups excluding carboxylic acids is 1. The first-order chi connectivity index (χ1) is 14.7. The van der Waals surface area contributed by atoms with Crippen LogP contribution in [0.3, 0.4) is 0 Å². The van der Waals surface area contributed by atoms with E-state index in [9.17, 15) is 4.79 Å². The molecule has 0 spiro atoms. The minimum absolute atomic E-state index is 0.156. The molecule has 30 heavy (non-hydrogen) atoms. The largest absolute Gasteiger partial charge is 0.357 e. The van der Waals surface area contributed by atoms with Crippen LogP contribution in [0.2, 0.25) is 0 Å². The quantitative estimate of drug-likeness (QED) is 0.376. The molecule has 3 heterocycles. The molecule has 6 heteroatoms. The van der Waals surface area contributed by atoms with E-state index in [1.807, 2.05) is 60.7 Å². The van der Waals surface area contributed by atoms with Crippen LogP contribution in [-0.2, 0) is 6.54 Å². The molecule has 2 N–H and O–H groups in total. The highest BCUT2D eigenvalue weighted by Gasteiger charge is 2.15. The van der Waals surface area contributed by atoms with Gasteiger partial charge in [-0.25, -0.2) is 4.98 Å². The average molecular weight is 457 g/mol. The predicted octanol–water partition coefficient (Wildman–Crippen LogP) is 5.47. The first kappa shape index (κ1) is 18.5. The number of nitrogens with one attached hydrogen (secondary N) is 2. The first-order valence-electron chi connectivity index (χ1n) is 9.54. The fourth-order valence-corrected chi connectivity index (χ4v) is 3.89. The summed E-state index contributed by atoms with van der Waals surface area (Å²) in [7, 11) is 0. The Hall–Kier alpha value is -3.51. The number of H-pyrrole nitrogens is 1. The third kappa shape index (κ3) is 3.57. The predicted molar refractivity (Wildman–Crippen MR) is 122 cm³/mol. The molecule has 0 aliphatic heterocycles. The van der Waals surface area contributed by atoms with Gasteiger partial charge >= 0.3 is 0 Å². The number of benzene rings is 2. The van der Waals surface area contributed by atoms with Crippen LogP contribution in [0.25, 0.3) is 33.2 Å². The van der Waals surface area contributed by atoms with E-state index in [2.05, 4.69) is 37.3 Å². The lowest BCUT2D eigenvalue weighted by molar-refractivity contribution is 0.0952. The van der Waals surface area contributed by atoms with Crippen LogP contribution >= 0.6 is 15.9 Å². The van der Waals surface area contributed by atoms with Crippen molar-refractivity contribution < 1.29 is 4.79 Å². The van der Waals surface area contributed by atoms with Gasteiger partial charge in [0.1, 0.15) is 0 Å². The van der Waals surface area contributed by atoms with Crippen molar-refractivity contribution in [1.82, 2.24) is 20.3 Å². The summed E-state index contributed by atoms with van der Waals surface area (Å²) < 4.78 is 0.895. The zero-order valence-corrected chi connectivity index (χ0v) is 17.5. The third-order valence-electron chi connectivity index (χ3n) is 4.97. The number of hydrogen-bond acceptors (Lipinski definition) is 3. The SMILES string of the molecule is O=C(NCc1cc2ccccc2[nH]1)c1cc(-c2ccccn2)nc2ccc(Br)cc12. The Kier molecular flexibility index (Phi) is 4.77. The van der Waals surface area contributed by atoms with Gasteiger partial charge in [0.2, 0.25) is 0 Å². The minimum Gasteiger partial charge on any atom is -0.357 e. The minimum atomic E-state index is -0.156. The lowest BCUT2D eigenvalue weighted by Crippen LogP contribution is -2.23. The third-order valence-corrected chi connectivity index (χ3v) is 5.46. The molecule has 1 amide bonds. The van der Waals surface area contributed by atoms with Crippen LogP contribution < -0.4 is 5.32 Å². The molecule has 0 aliphatic rings. The van der Waals surface area contributed by atoms with Crippen molar-refractivity contribution in [2.45, 2.75) is 6.54 Å². The summed E-state index contributed by atoms with van der Waals surface area (Å²) in [6, 6.07) is 23.3. The Labute approximate surface area is 181 Å². The number of hydrogen-bond donors (Lipinski definition) is 2. The van der Waals surface area contributed by atoms with E-state index in [0.29, 0.717) is 17.8 Å². The molecule has 0 saturated heterocycles. The van der Waals surface area contributed by atoms with E-state index in [0.717, 1.165) is 37.7 Å². The number of halogens is 1. The average Bonchev–Trinajstić information content (AvgIpc) is 3.20. The zero-order valence-electron chi connectivity index (χ0n) is 15.9. The summed E-state index contributed by atoms with van der Waals surface area (Å²) in [6.07, 6.45) is 1.72. The fraction of sp³-hybridized carbons (Fsp3) is 0.0417. The van der Waals surface area contributed by atoms with Gasteiger partial charge in [0.25, 0.3) is 5.91 Å². The number of rotatable bonds is 4. The van der Waals surface area contributed by atoms with Gasteiger partial charge in [-0.3, -0.25) is 9.78 Å². The molecule has 0 radical (unpaired) electrons. The number of nitrogens with zero attached hydrogens (tertiary/aromatic N) is 2. The van der Waals surface area contributed by atoms with Gasteiger partial charge in [-0.1, -0.05) is 40.2 Å². The van der Waals surface area contributed by atoms with Crippen molar-refractivity contribution >= 4 is 43.6 Å². The van der Waals surface area contributed by atoms with Crippen molar-refractivity contribution in [2.75, 3.05) is 0 Å². The lowest BCUT2D eigenvalue weighted by atomic mass is 10.1. The molecular weight excluding hydrogens is 440 g/mol. The smallest absolute Gasteiger partial charge is 0.252 e. The zero-order chi connectivity index (χ0) is 20.5. The number of fused-ring (bicyclic) bond motifs is 2. The Morgan fingerprint density at radius 1 is 0.967 bits per heavy atom. The highest BCUT2D eigenvalue weighted by Crippen LogP contribution is 2.26. The van der Waals surface area contributed by atoms with E-state index >= 15 is 0 Å². The number of aromatic amines is 1. The van der Waals surface area contributed by atoms with E-state index in [4.69, 9.17) is 4.98 Å². The van der Waals surface area contributed by atoms with Crippen molar-refractivity contribution in [1.29, 1.82) is 0 Å². The van der Waals surface area contributed by atoms with Crippen LogP contribution in [0.15, 0.2) is 83.5 Å². The van der Waals surface area contributed by atoms with Gasteiger partial charge in [0.05, 0.1) is 29.0 Å². The Morgan fingerprint density at radius 3 is 2.67 bits per heavy atom. The monoisotopic (exact) mass is 456 g/mol. The maximum absolute atomic E-state index is 13.2. The molecule has 5 nitrogen and oxygen atoms in total. The van der Waals surface area contributed by atoms with E-state index < -0.39 is 0 Å². The molecule has 0 aliphatic carbocycles. The number of para-hydroxylation sites is 1. The van der Waals surface area contributed by atoms with Gasteiger partial charge in [-0.2, -0.15) is 0 Å². The number of carbonyl (C=O) groups is 1. The Bertz CT molecular complexity index is 1350. The van der Waals surface area contributed by atoms with Crippen LogP contribution in [-0.4, -0.2) is 20.9 Å². The Balaban J connectivity index is 1.51. The van der Waals surface area contributed by atoms with Crippen LogP contribution in [0, 0.1) is 0 Å². The summed E-state index contributed by atoms with van der Waals surface area (Å²) >= 11 is 3.50. The molecule has 0 atom stereocenters. The molecule has 0 bridgehead atoms. The van der Waals surface area contributed by atoms with Gasteiger partial charge in [-0.05, 0) is 53.9 Å². The van der Waals surface area contributed by atoms with E-state index in [1.54, 1.807) is 12.3 Å². The van der Waals surface area contributed by atoms with E-state index in [1.165, 1.54) is 0 Å². The van der Waals surface area contributed by atoms with Crippen LogP contribution in [0.4, 0.5) is 0 Å². The van der Waals surface area contributed by atoms with Gasteiger partial charge in [-0.15, -0.1) is 0 Å². The highest BCUT2D eigenvalue weighted by atomic mass is 79.9. The van der Waals surface area contributed by atoms with Crippen LogP contribution in [0.1, 0.15) is 16.1 Å². The number of pyridine rings is 2. The molecule has 2 aromatic carbocycles. The maximum Gasteiger partial charge on any atom is 0.252 e. The topological polar surface area (TPSA) is 70.7 Å². The van der Waals surface area contributed by atoms with Crippen molar-refractivity contribution in [2.24, 2.45) is 0 Å². The normalized spacial score (nSPS) is 11.1. The Morgan fingerprint density at radius 2 is 1.83 bits per heavy atom. The summed E-state index contributed by atoms with van der Waals surface area (Å²) in [5.74, 6) is -0.156. The molecule has 0 fully saturated rings. The molecular formula is C24H17BrN4O. The second-order valence-corrected chi connectivity index (χ2v) is 7.91. The number of aromatic nitrogens is 3. The van der Waals surface area contributed by atoms with Crippen molar-refractivity contribution in [3.8, 4) is 11.4 Å². The van der Waals surface area contributed by atoms with Crippen LogP contribution in [0.5, 0.6) is 0 Å². The molecule has 5 rings (SSSR count). The van der Waals surface area contributed by atoms with E-state index in [-0.39, 0.29) is 5.91 Å². The highest BCUT2D eigenvalue weighted by molar-refractivity contribution is 9.10. The molecule has 0 unspecified atom stereocenters. The number of amides is 1. The van der Waals surface area contributed by atoms with Crippen molar-refractivity contribution in [3.63, 3.8) is 0 Å². The fourth-order valence-electron chi connectivity index (χ4n) is 3.53. The molecule has 3 aromatic heterocycles. The molecule has 0 saturated carbocycles. The van der Waals surface area contributed by atoms with Gasteiger partial charge in [0.15, 0.2) is 0 Å². The van der Waals surface area contributed by atoms with Gasteiger partial charge < -0.3 is 10.3 Å². The lowest BCUT2D eigenvalue weighted by Gasteiger charge is -2.10. The summed E-state index contributed by atoms with van der Waals surface area (Å²) in [5.41, 5.74) is 4.72. The summed E-state index contributed by atoms with van der Waals surface area (Å²) in [6.45, 7) is 0.407. The second kappa shape index (κ2) is 7.72. The summed E-state index contributed by atoms with van der Waals surface area (Å²) in [5, 5.41) is 4.95. The first-order valence-corrected chi connectivity index (χ1v) is 10.3. The standard InChI is InChI=1S/C24H17BrN4O/c25-16-8-9-21-18(12-16)19(13-23(29-21)22-7-3-4-10-26-22)24(30)27-14-17-11-15-5-1-2-6-20(15)28-17/h1-13,28H,14H2,(H,27,30). The van der Waals surface area contributed by atoms with Gasteiger partial charge in [0, 0.05) is 27.3 Å².